The minimum atomic E-state index is -3.59. The predicted molar refractivity (Wildman–Crippen MR) is 85.6 cm³/mol. The Morgan fingerprint density at radius 2 is 1.91 bits per heavy atom. The molecule has 2 atom stereocenters. The van der Waals surface area contributed by atoms with Crippen LogP contribution in [0.25, 0.3) is 0 Å². The van der Waals surface area contributed by atoms with E-state index in [2.05, 4.69) is 4.72 Å². The van der Waals surface area contributed by atoms with E-state index in [-0.39, 0.29) is 29.3 Å². The molecule has 4 nitrogen and oxygen atoms in total. The molecule has 1 aromatic rings. The smallest absolute Gasteiger partial charge is 0.212 e. The first-order chi connectivity index (χ1) is 10.7. The van der Waals surface area contributed by atoms with Crippen molar-refractivity contribution >= 4 is 15.8 Å². The molecule has 126 valence electrons. The van der Waals surface area contributed by atoms with Gasteiger partial charge >= 0.3 is 0 Å². The fourth-order valence-corrected chi connectivity index (χ4v) is 6.09. The number of sulfonamides is 1. The van der Waals surface area contributed by atoms with Gasteiger partial charge in [0.2, 0.25) is 10.0 Å². The van der Waals surface area contributed by atoms with E-state index in [0.717, 1.165) is 6.42 Å². The van der Waals surface area contributed by atoms with Crippen molar-refractivity contribution in [1.82, 2.24) is 4.72 Å². The second kappa shape index (κ2) is 5.38. The van der Waals surface area contributed by atoms with Gasteiger partial charge in [-0.05, 0) is 41.9 Å². The Balaban J connectivity index is 1.73. The first-order valence-corrected chi connectivity index (χ1v) is 9.57. The standard InChI is InChI=1S/C17H22FNO3S/c1-16(2)13-7-8-17(16,15(20)9-13)11-23(21,22)19-10-12-3-5-14(18)6-4-12/h3-6,13,19H,7-11H2,1-2H3/t13-,17-/m0/s1. The summed E-state index contributed by atoms with van der Waals surface area (Å²) in [5.41, 5.74) is -0.338. The first kappa shape index (κ1) is 16.6. The van der Waals surface area contributed by atoms with Gasteiger partial charge in [-0.2, -0.15) is 0 Å². The number of benzene rings is 1. The van der Waals surface area contributed by atoms with Crippen LogP contribution in [0.5, 0.6) is 0 Å². The molecule has 2 saturated carbocycles. The van der Waals surface area contributed by atoms with Crippen molar-refractivity contribution in [1.29, 1.82) is 0 Å². The lowest BCUT2D eigenvalue weighted by Crippen LogP contribution is -2.45. The largest absolute Gasteiger partial charge is 0.299 e. The molecule has 1 N–H and O–H groups in total. The van der Waals surface area contributed by atoms with Crippen molar-refractivity contribution in [2.75, 3.05) is 5.75 Å². The summed E-state index contributed by atoms with van der Waals surface area (Å²) in [6, 6.07) is 5.69. The third-order valence-electron chi connectivity index (χ3n) is 5.99. The van der Waals surface area contributed by atoms with E-state index in [1.807, 2.05) is 13.8 Å². The highest BCUT2D eigenvalue weighted by Gasteiger charge is 2.65. The summed E-state index contributed by atoms with van der Waals surface area (Å²) >= 11 is 0. The average Bonchev–Trinajstić information content (AvgIpc) is 2.80. The second-order valence-corrected chi connectivity index (χ2v) is 9.18. The van der Waals surface area contributed by atoms with Crippen molar-refractivity contribution in [3.63, 3.8) is 0 Å². The molecular formula is C17H22FNO3S. The number of hydrogen-bond donors (Lipinski definition) is 1. The second-order valence-electron chi connectivity index (χ2n) is 7.37. The number of rotatable bonds is 5. The minimum absolute atomic E-state index is 0.0888. The Bertz CT molecular complexity index is 727. The fraction of sp³-hybridized carbons (Fsp3) is 0.588. The summed E-state index contributed by atoms with van der Waals surface area (Å²) in [4.78, 5) is 12.4. The van der Waals surface area contributed by atoms with Gasteiger partial charge in [-0.25, -0.2) is 17.5 Å². The number of carbonyl (C=O) groups excluding carboxylic acids is 1. The number of carbonyl (C=O) groups is 1. The summed E-state index contributed by atoms with van der Waals surface area (Å²) in [5, 5.41) is 0. The van der Waals surface area contributed by atoms with Gasteiger partial charge in [-0.15, -0.1) is 0 Å². The van der Waals surface area contributed by atoms with E-state index >= 15 is 0 Å². The number of halogens is 1. The zero-order valence-corrected chi connectivity index (χ0v) is 14.2. The molecule has 0 aliphatic heterocycles. The maximum absolute atomic E-state index is 12.9. The van der Waals surface area contributed by atoms with Gasteiger partial charge in [-0.1, -0.05) is 26.0 Å². The topological polar surface area (TPSA) is 63.2 Å². The van der Waals surface area contributed by atoms with Crippen molar-refractivity contribution in [3.05, 3.63) is 35.6 Å². The summed E-state index contributed by atoms with van der Waals surface area (Å²) in [5.74, 6) is -0.122. The van der Waals surface area contributed by atoms with Crippen molar-refractivity contribution in [2.45, 2.75) is 39.7 Å². The molecule has 0 spiro atoms. The van der Waals surface area contributed by atoms with Crippen LogP contribution < -0.4 is 4.72 Å². The molecule has 1 aromatic carbocycles. The van der Waals surface area contributed by atoms with Crippen LogP contribution in [0, 0.1) is 22.6 Å². The molecule has 0 saturated heterocycles. The highest BCUT2D eigenvalue weighted by Crippen LogP contribution is 2.64. The number of nitrogens with one attached hydrogen (secondary N) is 1. The Kier molecular flexibility index (Phi) is 3.88. The third kappa shape index (κ3) is 2.72. The SMILES string of the molecule is CC1(C)[C@H]2CC[C@]1(CS(=O)(=O)NCc1ccc(F)cc1)C(=O)C2. The van der Waals surface area contributed by atoms with Gasteiger partial charge in [-0.3, -0.25) is 4.79 Å². The molecule has 3 rings (SSSR count). The highest BCUT2D eigenvalue weighted by atomic mass is 32.2. The summed E-state index contributed by atoms with van der Waals surface area (Å²) in [6.07, 6.45) is 2.08. The molecule has 2 aliphatic rings. The zero-order valence-electron chi connectivity index (χ0n) is 13.4. The van der Waals surface area contributed by atoms with Crippen LogP contribution >= 0.6 is 0 Å². The summed E-state index contributed by atoms with van der Waals surface area (Å²) < 4.78 is 40.5. The molecule has 23 heavy (non-hydrogen) atoms. The van der Waals surface area contributed by atoms with Crippen LogP contribution in [0.4, 0.5) is 4.39 Å². The van der Waals surface area contributed by atoms with Gasteiger partial charge in [0.25, 0.3) is 0 Å². The Morgan fingerprint density at radius 1 is 1.26 bits per heavy atom. The Morgan fingerprint density at radius 3 is 2.43 bits per heavy atom. The van der Waals surface area contributed by atoms with Crippen molar-refractivity contribution in [3.8, 4) is 0 Å². The number of Topliss-reactive ketones (excluding diaryl/α,β-unsaturated/α-hetero) is 1. The van der Waals surface area contributed by atoms with Crippen LogP contribution in [0.2, 0.25) is 0 Å². The molecule has 6 heteroatoms. The zero-order chi connectivity index (χ0) is 16.9. The number of hydrogen-bond acceptors (Lipinski definition) is 3. The molecule has 2 fully saturated rings. The lowest BCUT2D eigenvalue weighted by Gasteiger charge is -2.36. The molecule has 2 bridgehead atoms. The van der Waals surface area contributed by atoms with Crippen LogP contribution in [0.15, 0.2) is 24.3 Å². The summed E-state index contributed by atoms with van der Waals surface area (Å²) in [7, 11) is -3.59. The fourth-order valence-electron chi connectivity index (χ4n) is 4.28. The molecule has 0 radical (unpaired) electrons. The van der Waals surface area contributed by atoms with Crippen LogP contribution in [-0.2, 0) is 21.4 Å². The van der Waals surface area contributed by atoms with Gasteiger partial charge in [0.15, 0.2) is 0 Å². The molecule has 0 heterocycles. The molecular weight excluding hydrogens is 317 g/mol. The third-order valence-corrected chi connectivity index (χ3v) is 7.44. The lowest BCUT2D eigenvalue weighted by molar-refractivity contribution is -0.128. The van der Waals surface area contributed by atoms with E-state index in [0.29, 0.717) is 24.3 Å². The number of fused-ring (bicyclic) bond motifs is 2. The van der Waals surface area contributed by atoms with E-state index in [4.69, 9.17) is 0 Å². The Labute approximate surface area is 136 Å². The minimum Gasteiger partial charge on any atom is -0.299 e. The van der Waals surface area contributed by atoms with Gasteiger partial charge in [0, 0.05) is 18.4 Å². The van der Waals surface area contributed by atoms with Crippen LogP contribution in [0.3, 0.4) is 0 Å². The predicted octanol–water partition coefficient (Wildman–Crippen LogP) is 2.64. The molecule has 0 aromatic heterocycles. The maximum Gasteiger partial charge on any atom is 0.212 e. The molecule has 2 aliphatic carbocycles. The van der Waals surface area contributed by atoms with Gasteiger partial charge in [0.05, 0.1) is 5.75 Å². The first-order valence-electron chi connectivity index (χ1n) is 7.91. The van der Waals surface area contributed by atoms with E-state index in [1.54, 1.807) is 12.1 Å². The van der Waals surface area contributed by atoms with Gasteiger partial charge in [0.1, 0.15) is 11.6 Å². The quantitative estimate of drug-likeness (QED) is 0.897. The van der Waals surface area contributed by atoms with Crippen molar-refractivity contribution in [2.24, 2.45) is 16.7 Å². The average molecular weight is 339 g/mol. The van der Waals surface area contributed by atoms with E-state index in [1.165, 1.54) is 12.1 Å². The number of ketones is 1. The van der Waals surface area contributed by atoms with Gasteiger partial charge < -0.3 is 0 Å². The normalized spacial score (nSPS) is 29.2. The van der Waals surface area contributed by atoms with Crippen LogP contribution in [-0.4, -0.2) is 20.0 Å². The summed E-state index contributed by atoms with van der Waals surface area (Å²) in [6.45, 7) is 4.15. The highest BCUT2D eigenvalue weighted by molar-refractivity contribution is 7.89. The Hall–Kier alpha value is -1.27. The molecule has 0 amide bonds. The lowest BCUT2D eigenvalue weighted by atomic mass is 9.70. The monoisotopic (exact) mass is 339 g/mol. The maximum atomic E-state index is 12.9. The van der Waals surface area contributed by atoms with E-state index in [9.17, 15) is 17.6 Å². The van der Waals surface area contributed by atoms with Crippen LogP contribution in [0.1, 0.15) is 38.7 Å². The molecule has 0 unspecified atom stereocenters. The van der Waals surface area contributed by atoms with E-state index < -0.39 is 15.4 Å². The van der Waals surface area contributed by atoms with Crippen molar-refractivity contribution < 1.29 is 17.6 Å².